The van der Waals surface area contributed by atoms with Crippen LogP contribution in [0.2, 0.25) is 0 Å². The average Bonchev–Trinajstić information content (AvgIpc) is 3.02. The van der Waals surface area contributed by atoms with Crippen LogP contribution in [0.5, 0.6) is 5.75 Å². The maximum Gasteiger partial charge on any atom is 0.339 e. The van der Waals surface area contributed by atoms with Gasteiger partial charge in [-0.2, -0.15) is 8.42 Å². The smallest absolute Gasteiger partial charge is 0.339 e. The minimum Gasteiger partial charge on any atom is -0.468 e. The van der Waals surface area contributed by atoms with Crippen LogP contribution < -0.4 is 4.18 Å². The van der Waals surface area contributed by atoms with Crippen molar-refractivity contribution in [3.8, 4) is 5.75 Å². The third kappa shape index (κ3) is 5.38. The van der Waals surface area contributed by atoms with Gasteiger partial charge in [0.2, 0.25) is 0 Å². The summed E-state index contributed by atoms with van der Waals surface area (Å²) in [7, 11) is -3.19. The van der Waals surface area contributed by atoms with Crippen LogP contribution in [-0.2, 0) is 24.4 Å². The summed E-state index contributed by atoms with van der Waals surface area (Å²) in [4.78, 5) is 46.5. The van der Waals surface area contributed by atoms with Crippen molar-refractivity contribution in [2.45, 2.75) is 11.8 Å². The van der Waals surface area contributed by atoms with Gasteiger partial charge in [0.1, 0.15) is 17.2 Å². The second-order valence-corrected chi connectivity index (χ2v) is 9.20. The van der Waals surface area contributed by atoms with Crippen molar-refractivity contribution in [1.82, 2.24) is 4.90 Å². The zero-order chi connectivity index (χ0) is 24.3. The molecule has 1 saturated heterocycles. The van der Waals surface area contributed by atoms with Gasteiger partial charge >= 0.3 is 16.1 Å². The molecule has 172 valence electrons. The summed E-state index contributed by atoms with van der Waals surface area (Å²) in [5.41, 5.74) is 0.421. The Bertz CT molecular complexity index is 1290. The largest absolute Gasteiger partial charge is 0.468 e. The molecule has 2 aromatic rings. The van der Waals surface area contributed by atoms with E-state index in [4.69, 9.17) is 4.18 Å². The van der Waals surface area contributed by atoms with Crippen molar-refractivity contribution in [3.63, 3.8) is 0 Å². The van der Waals surface area contributed by atoms with E-state index in [0.29, 0.717) is 22.9 Å². The molecule has 13 heteroatoms. The van der Waals surface area contributed by atoms with Gasteiger partial charge in [0.25, 0.3) is 16.8 Å². The number of methoxy groups -OCH3 is 1. The van der Waals surface area contributed by atoms with E-state index < -0.39 is 38.7 Å². The van der Waals surface area contributed by atoms with Crippen molar-refractivity contribution >= 4 is 50.8 Å². The summed E-state index contributed by atoms with van der Waals surface area (Å²) < 4.78 is 34.5. The number of rotatable bonds is 7. The number of carbonyl (C=O) groups is 3. The number of nitrogens with zero attached hydrogens (tertiary/aromatic N) is 2. The fraction of sp³-hybridized carbons (Fsp3) is 0.150. The molecule has 1 aliphatic heterocycles. The number of nitro groups is 1. The van der Waals surface area contributed by atoms with Crippen LogP contribution in [0.15, 0.2) is 52.3 Å². The van der Waals surface area contributed by atoms with E-state index in [0.717, 1.165) is 18.1 Å². The Balaban J connectivity index is 1.76. The zero-order valence-corrected chi connectivity index (χ0v) is 18.8. The molecule has 0 spiro atoms. The molecule has 2 aromatic carbocycles. The molecule has 0 radical (unpaired) electrons. The van der Waals surface area contributed by atoms with Crippen LogP contribution in [0.3, 0.4) is 0 Å². The Morgan fingerprint density at radius 3 is 2.45 bits per heavy atom. The first-order chi connectivity index (χ1) is 15.5. The fourth-order valence-corrected chi connectivity index (χ4v) is 4.51. The van der Waals surface area contributed by atoms with Gasteiger partial charge < -0.3 is 8.92 Å². The molecule has 0 saturated carbocycles. The highest BCUT2D eigenvalue weighted by Gasteiger charge is 2.36. The van der Waals surface area contributed by atoms with Crippen molar-refractivity contribution in [2.24, 2.45) is 0 Å². The number of esters is 1. The van der Waals surface area contributed by atoms with Crippen LogP contribution in [0.4, 0.5) is 10.5 Å². The lowest BCUT2D eigenvalue weighted by molar-refractivity contribution is -0.385. The molecule has 0 bridgehead atoms. The van der Waals surface area contributed by atoms with Gasteiger partial charge in [-0.1, -0.05) is 18.2 Å². The second kappa shape index (κ2) is 9.42. The summed E-state index contributed by atoms with van der Waals surface area (Å²) in [6, 6.07) is 8.99. The van der Waals surface area contributed by atoms with E-state index in [9.17, 15) is 32.9 Å². The monoisotopic (exact) mass is 492 g/mol. The van der Waals surface area contributed by atoms with Gasteiger partial charge in [-0.05, 0) is 48.5 Å². The lowest BCUT2D eigenvalue weighted by atomic mass is 10.2. The van der Waals surface area contributed by atoms with Crippen LogP contribution in [0.1, 0.15) is 11.1 Å². The standard InChI is InChI=1S/C20H16N2O9S2/c1-12-3-8-15(10-16(12)22(26)27)33(28,29)31-14-6-4-13(5-7-14)9-17-19(24)21(20(25)32-17)11-18(23)30-2/h3-10H,11H2,1-2H3/b17-9-. The Morgan fingerprint density at radius 1 is 1.18 bits per heavy atom. The van der Waals surface area contributed by atoms with Crippen LogP contribution in [-0.4, -0.2) is 49.0 Å². The first-order valence-corrected chi connectivity index (χ1v) is 11.4. The normalized spacial score (nSPS) is 15.1. The van der Waals surface area contributed by atoms with Gasteiger partial charge in [-0.25, -0.2) is 0 Å². The Morgan fingerprint density at radius 2 is 1.85 bits per heavy atom. The predicted molar refractivity (Wildman–Crippen MR) is 117 cm³/mol. The average molecular weight is 492 g/mol. The Kier molecular flexibility index (Phi) is 6.84. The Labute approximate surface area is 192 Å². The van der Waals surface area contributed by atoms with Crippen molar-refractivity contribution in [2.75, 3.05) is 13.7 Å². The summed E-state index contributed by atoms with van der Waals surface area (Å²) in [6.45, 7) is 0.985. The minimum atomic E-state index is -4.33. The molecular weight excluding hydrogens is 476 g/mol. The molecule has 11 nitrogen and oxygen atoms in total. The Hall–Kier alpha value is -3.71. The van der Waals surface area contributed by atoms with Gasteiger partial charge in [-0.3, -0.25) is 29.4 Å². The molecule has 0 aliphatic carbocycles. The number of imide groups is 1. The van der Waals surface area contributed by atoms with Gasteiger partial charge in [0.15, 0.2) is 0 Å². The summed E-state index contributed by atoms with van der Waals surface area (Å²) in [5, 5.41) is 10.4. The molecule has 0 atom stereocenters. The number of carbonyl (C=O) groups excluding carboxylic acids is 3. The number of aryl methyl sites for hydroxylation is 1. The zero-order valence-electron chi connectivity index (χ0n) is 17.2. The van der Waals surface area contributed by atoms with E-state index in [1.54, 1.807) is 0 Å². The van der Waals surface area contributed by atoms with Gasteiger partial charge in [-0.15, -0.1) is 0 Å². The highest BCUT2D eigenvalue weighted by atomic mass is 32.2. The van der Waals surface area contributed by atoms with Gasteiger partial charge in [0, 0.05) is 11.6 Å². The number of amides is 2. The number of benzene rings is 2. The summed E-state index contributed by atoms with van der Waals surface area (Å²) in [6.07, 6.45) is 1.41. The topological polar surface area (TPSA) is 150 Å². The fourth-order valence-electron chi connectivity index (χ4n) is 2.72. The molecule has 1 aliphatic rings. The minimum absolute atomic E-state index is 0.0610. The molecule has 33 heavy (non-hydrogen) atoms. The molecule has 1 heterocycles. The molecule has 2 amide bonds. The molecule has 0 unspecified atom stereocenters. The van der Waals surface area contributed by atoms with Crippen LogP contribution in [0, 0.1) is 17.0 Å². The lowest BCUT2D eigenvalue weighted by Gasteiger charge is -2.09. The van der Waals surface area contributed by atoms with Crippen LogP contribution >= 0.6 is 11.8 Å². The number of hydrogen-bond donors (Lipinski definition) is 0. The first kappa shape index (κ1) is 23.9. The number of ether oxygens (including phenoxy) is 1. The highest BCUT2D eigenvalue weighted by Crippen LogP contribution is 2.32. The van der Waals surface area contributed by atoms with E-state index >= 15 is 0 Å². The van der Waals surface area contributed by atoms with Crippen molar-refractivity contribution < 1.29 is 36.6 Å². The van der Waals surface area contributed by atoms with E-state index in [1.807, 2.05) is 0 Å². The quantitative estimate of drug-likeness (QED) is 0.185. The maximum absolute atomic E-state index is 12.5. The predicted octanol–water partition coefficient (Wildman–Crippen LogP) is 2.88. The SMILES string of the molecule is COC(=O)CN1C(=O)S/C(=C\c2ccc(OS(=O)(=O)c3ccc(C)c([N+](=O)[O-])c3)cc2)C1=O. The lowest BCUT2D eigenvalue weighted by Crippen LogP contribution is -2.34. The van der Waals surface area contributed by atoms with E-state index in [2.05, 4.69) is 4.74 Å². The summed E-state index contributed by atoms with van der Waals surface area (Å²) in [5.74, 6) is -1.45. The van der Waals surface area contributed by atoms with Crippen molar-refractivity contribution in [3.05, 3.63) is 68.6 Å². The number of hydrogen-bond acceptors (Lipinski definition) is 10. The van der Waals surface area contributed by atoms with E-state index in [-0.39, 0.29) is 21.2 Å². The molecule has 1 fully saturated rings. The highest BCUT2D eigenvalue weighted by molar-refractivity contribution is 8.18. The number of nitro benzene ring substituents is 1. The maximum atomic E-state index is 12.5. The van der Waals surface area contributed by atoms with Gasteiger partial charge in [0.05, 0.1) is 16.9 Å². The molecule has 0 aromatic heterocycles. The summed E-state index contributed by atoms with van der Waals surface area (Å²) >= 11 is 0.654. The van der Waals surface area contributed by atoms with Crippen molar-refractivity contribution in [1.29, 1.82) is 0 Å². The second-order valence-electron chi connectivity index (χ2n) is 6.66. The molecular formula is C20H16N2O9S2. The third-order valence-electron chi connectivity index (χ3n) is 4.44. The van der Waals surface area contributed by atoms with E-state index in [1.165, 1.54) is 49.4 Å². The molecule has 0 N–H and O–H groups in total. The van der Waals surface area contributed by atoms with Crippen LogP contribution in [0.25, 0.3) is 6.08 Å². The third-order valence-corrected chi connectivity index (χ3v) is 6.59. The number of thioether (sulfide) groups is 1. The molecule has 3 rings (SSSR count). The first-order valence-electron chi connectivity index (χ1n) is 9.13.